The van der Waals surface area contributed by atoms with Crippen molar-refractivity contribution in [1.82, 2.24) is 10.2 Å². The SMILES string of the molecule is CCOC(=O)Nc1ccc(Nc2ccc(F)c(Cl)c2)nn1. The smallest absolute Gasteiger partial charge is 0.412 e. The van der Waals surface area contributed by atoms with Crippen molar-refractivity contribution in [1.29, 1.82) is 0 Å². The van der Waals surface area contributed by atoms with Crippen molar-refractivity contribution in [2.24, 2.45) is 0 Å². The summed E-state index contributed by atoms with van der Waals surface area (Å²) in [7, 11) is 0. The van der Waals surface area contributed by atoms with E-state index in [0.29, 0.717) is 11.5 Å². The van der Waals surface area contributed by atoms with Gasteiger partial charge in [-0.3, -0.25) is 5.32 Å². The molecule has 8 heteroatoms. The highest BCUT2D eigenvalue weighted by Crippen LogP contribution is 2.21. The minimum atomic E-state index is -0.599. The van der Waals surface area contributed by atoms with E-state index in [-0.39, 0.29) is 17.4 Å². The van der Waals surface area contributed by atoms with E-state index in [4.69, 9.17) is 16.3 Å². The first kappa shape index (κ1) is 15.0. The second kappa shape index (κ2) is 6.85. The van der Waals surface area contributed by atoms with Gasteiger partial charge in [0.25, 0.3) is 0 Å². The summed E-state index contributed by atoms with van der Waals surface area (Å²) in [5, 5.41) is 13.0. The van der Waals surface area contributed by atoms with Gasteiger partial charge in [0.1, 0.15) is 5.82 Å². The van der Waals surface area contributed by atoms with E-state index in [9.17, 15) is 9.18 Å². The first-order valence-corrected chi connectivity index (χ1v) is 6.46. The van der Waals surface area contributed by atoms with Gasteiger partial charge < -0.3 is 10.1 Å². The maximum Gasteiger partial charge on any atom is 0.412 e. The molecule has 0 fully saturated rings. The largest absolute Gasteiger partial charge is 0.450 e. The number of nitrogens with zero attached hydrogens (tertiary/aromatic N) is 2. The molecule has 0 aliphatic rings. The Kier molecular flexibility index (Phi) is 4.89. The third-order valence-corrected chi connectivity index (χ3v) is 2.65. The zero-order valence-electron chi connectivity index (χ0n) is 11.1. The number of aromatic nitrogens is 2. The summed E-state index contributed by atoms with van der Waals surface area (Å²) < 4.78 is 17.7. The van der Waals surface area contributed by atoms with Gasteiger partial charge in [-0.2, -0.15) is 0 Å². The summed E-state index contributed by atoms with van der Waals surface area (Å²) in [6.45, 7) is 1.97. The van der Waals surface area contributed by atoms with Crippen LogP contribution in [0.15, 0.2) is 30.3 Å². The molecule has 0 atom stereocenters. The topological polar surface area (TPSA) is 76.1 Å². The zero-order valence-corrected chi connectivity index (χ0v) is 11.8. The van der Waals surface area contributed by atoms with Crippen LogP contribution in [0.4, 0.5) is 26.5 Å². The van der Waals surface area contributed by atoms with Crippen molar-refractivity contribution in [3.8, 4) is 0 Å². The van der Waals surface area contributed by atoms with Gasteiger partial charge in [-0.05, 0) is 37.3 Å². The Morgan fingerprint density at radius 3 is 2.62 bits per heavy atom. The van der Waals surface area contributed by atoms with Crippen LogP contribution in [0.5, 0.6) is 0 Å². The van der Waals surface area contributed by atoms with Gasteiger partial charge in [0.05, 0.1) is 11.6 Å². The Morgan fingerprint density at radius 2 is 2.00 bits per heavy atom. The zero-order chi connectivity index (χ0) is 15.2. The number of carbonyl (C=O) groups excluding carboxylic acids is 1. The number of hydrogen-bond acceptors (Lipinski definition) is 5. The van der Waals surface area contributed by atoms with Gasteiger partial charge >= 0.3 is 6.09 Å². The van der Waals surface area contributed by atoms with E-state index in [1.54, 1.807) is 19.1 Å². The van der Waals surface area contributed by atoms with E-state index in [1.807, 2.05) is 0 Å². The van der Waals surface area contributed by atoms with Gasteiger partial charge in [-0.15, -0.1) is 10.2 Å². The molecule has 0 radical (unpaired) electrons. The molecule has 0 aliphatic heterocycles. The highest BCUT2D eigenvalue weighted by molar-refractivity contribution is 6.31. The molecular weight excluding hydrogens is 299 g/mol. The third kappa shape index (κ3) is 4.28. The van der Waals surface area contributed by atoms with Crippen molar-refractivity contribution >= 4 is 35.0 Å². The second-order valence-corrected chi connectivity index (χ2v) is 4.31. The number of halogens is 2. The summed E-state index contributed by atoms with van der Waals surface area (Å²) in [6.07, 6.45) is -0.599. The summed E-state index contributed by atoms with van der Waals surface area (Å²) in [4.78, 5) is 11.2. The molecule has 1 aromatic heterocycles. The summed E-state index contributed by atoms with van der Waals surface area (Å²) in [5.74, 6) is 0.186. The maximum atomic E-state index is 13.0. The molecule has 2 rings (SSSR count). The van der Waals surface area contributed by atoms with Crippen LogP contribution in [-0.2, 0) is 4.74 Å². The van der Waals surface area contributed by atoms with Gasteiger partial charge in [-0.25, -0.2) is 9.18 Å². The molecule has 1 aromatic carbocycles. The molecule has 0 spiro atoms. The monoisotopic (exact) mass is 310 g/mol. The van der Waals surface area contributed by atoms with Gasteiger partial charge in [0, 0.05) is 5.69 Å². The van der Waals surface area contributed by atoms with Crippen LogP contribution in [0.2, 0.25) is 5.02 Å². The number of rotatable bonds is 4. The quantitative estimate of drug-likeness (QED) is 0.902. The number of anilines is 3. The Labute approximate surface area is 125 Å². The Morgan fingerprint density at radius 1 is 1.29 bits per heavy atom. The number of carbonyl (C=O) groups is 1. The Balaban J connectivity index is 2.01. The molecule has 110 valence electrons. The van der Waals surface area contributed by atoms with Gasteiger partial charge in [0.2, 0.25) is 0 Å². The van der Waals surface area contributed by atoms with Crippen LogP contribution < -0.4 is 10.6 Å². The van der Waals surface area contributed by atoms with Crippen molar-refractivity contribution < 1.29 is 13.9 Å². The van der Waals surface area contributed by atoms with Crippen LogP contribution in [0.1, 0.15) is 6.92 Å². The molecule has 0 unspecified atom stereocenters. The fraction of sp³-hybridized carbons (Fsp3) is 0.154. The molecule has 1 heterocycles. The predicted molar refractivity (Wildman–Crippen MR) is 77.4 cm³/mol. The fourth-order valence-electron chi connectivity index (χ4n) is 1.46. The van der Waals surface area contributed by atoms with E-state index >= 15 is 0 Å². The van der Waals surface area contributed by atoms with E-state index < -0.39 is 11.9 Å². The van der Waals surface area contributed by atoms with Crippen molar-refractivity contribution in [2.45, 2.75) is 6.92 Å². The highest BCUT2D eigenvalue weighted by Gasteiger charge is 2.05. The molecule has 1 amide bonds. The van der Waals surface area contributed by atoms with Crippen molar-refractivity contribution in [3.63, 3.8) is 0 Å². The molecule has 0 bridgehead atoms. The summed E-state index contributed by atoms with van der Waals surface area (Å²) in [6, 6.07) is 7.36. The molecule has 0 aliphatic carbocycles. The average molecular weight is 311 g/mol. The molecule has 0 saturated heterocycles. The fourth-order valence-corrected chi connectivity index (χ4v) is 1.64. The highest BCUT2D eigenvalue weighted by atomic mass is 35.5. The number of amides is 1. The molecular formula is C13H12ClFN4O2. The van der Waals surface area contributed by atoms with Crippen molar-refractivity contribution in [3.05, 3.63) is 41.2 Å². The number of hydrogen-bond donors (Lipinski definition) is 2. The predicted octanol–water partition coefficient (Wildman–Crippen LogP) is 3.58. The van der Waals surface area contributed by atoms with E-state index in [0.717, 1.165) is 0 Å². The van der Waals surface area contributed by atoms with Crippen LogP contribution in [0.3, 0.4) is 0 Å². The summed E-state index contributed by atoms with van der Waals surface area (Å²) >= 11 is 5.68. The van der Waals surface area contributed by atoms with Gasteiger partial charge in [-0.1, -0.05) is 11.6 Å². The maximum absolute atomic E-state index is 13.0. The minimum absolute atomic E-state index is 0.00792. The normalized spacial score (nSPS) is 10.0. The third-order valence-electron chi connectivity index (χ3n) is 2.36. The van der Waals surface area contributed by atoms with Gasteiger partial charge in [0.15, 0.2) is 11.6 Å². The molecule has 21 heavy (non-hydrogen) atoms. The average Bonchev–Trinajstić information content (AvgIpc) is 2.45. The molecule has 6 nitrogen and oxygen atoms in total. The molecule has 2 N–H and O–H groups in total. The Hall–Kier alpha value is -2.41. The molecule has 0 saturated carbocycles. The van der Waals surface area contributed by atoms with Crippen LogP contribution >= 0.6 is 11.6 Å². The van der Waals surface area contributed by atoms with Crippen LogP contribution in [-0.4, -0.2) is 22.9 Å². The lowest BCUT2D eigenvalue weighted by molar-refractivity contribution is 0.168. The molecule has 2 aromatic rings. The lowest BCUT2D eigenvalue weighted by Gasteiger charge is -2.07. The van der Waals surface area contributed by atoms with Crippen LogP contribution in [0, 0.1) is 5.82 Å². The second-order valence-electron chi connectivity index (χ2n) is 3.90. The van der Waals surface area contributed by atoms with E-state index in [1.165, 1.54) is 18.2 Å². The number of benzene rings is 1. The summed E-state index contributed by atoms with van der Waals surface area (Å²) in [5.41, 5.74) is 0.571. The number of ether oxygens (including phenoxy) is 1. The number of nitrogens with one attached hydrogen (secondary N) is 2. The van der Waals surface area contributed by atoms with Crippen molar-refractivity contribution in [2.75, 3.05) is 17.2 Å². The van der Waals surface area contributed by atoms with Crippen LogP contribution in [0.25, 0.3) is 0 Å². The lowest BCUT2D eigenvalue weighted by Crippen LogP contribution is -2.14. The van der Waals surface area contributed by atoms with E-state index in [2.05, 4.69) is 20.8 Å². The first-order valence-electron chi connectivity index (χ1n) is 6.08. The lowest BCUT2D eigenvalue weighted by atomic mass is 10.3. The Bertz CT molecular complexity index is 637. The minimum Gasteiger partial charge on any atom is -0.450 e. The first-order chi connectivity index (χ1) is 10.1. The standard InChI is InChI=1S/C13H12ClFN4O2/c1-2-21-13(20)17-12-6-5-11(18-19-12)16-8-3-4-10(15)9(14)7-8/h3-7H,2H2,1H3,(H,16,18)(H,17,19,20).